The first-order chi connectivity index (χ1) is 14.3. The number of anilines is 4. The van der Waals surface area contributed by atoms with Crippen LogP contribution in [0.25, 0.3) is 0 Å². The quantitative estimate of drug-likeness (QED) is 0.485. The highest BCUT2D eigenvalue weighted by molar-refractivity contribution is 5.66. The maximum absolute atomic E-state index is 9.22. The molecule has 0 amide bonds. The number of ether oxygens (including phenoxy) is 1. The van der Waals surface area contributed by atoms with Gasteiger partial charge in [0.15, 0.2) is 11.6 Å². The Labute approximate surface area is 167 Å². The van der Waals surface area contributed by atoms with Gasteiger partial charge in [0, 0.05) is 0 Å². The Morgan fingerprint density at radius 1 is 0.793 bits per heavy atom. The molecule has 0 spiro atoms. The normalized spacial score (nSPS) is 10.0. The van der Waals surface area contributed by atoms with Crippen LogP contribution in [-0.4, -0.2) is 15.2 Å². The Balaban J connectivity index is 1.55. The number of nitrogens with zero attached hydrogens (tertiary/aromatic N) is 4. The van der Waals surface area contributed by atoms with E-state index in [0.29, 0.717) is 22.8 Å². The summed E-state index contributed by atoms with van der Waals surface area (Å²) in [7, 11) is 0. The first-order valence-electron chi connectivity index (χ1n) is 8.86. The molecule has 0 unspecified atom stereocenters. The van der Waals surface area contributed by atoms with Crippen LogP contribution in [0.1, 0.15) is 5.56 Å². The molecule has 0 aliphatic heterocycles. The Morgan fingerprint density at radius 2 is 1.52 bits per heavy atom. The van der Waals surface area contributed by atoms with Crippen molar-refractivity contribution < 1.29 is 4.74 Å². The number of hydrogen-bond donors (Lipinski definition) is 2. The summed E-state index contributed by atoms with van der Waals surface area (Å²) in [6, 6.07) is 26.3. The molecule has 0 saturated heterocycles. The first-order valence-corrected chi connectivity index (χ1v) is 8.86. The highest BCUT2D eigenvalue weighted by Gasteiger charge is 2.08. The van der Waals surface area contributed by atoms with Crippen LogP contribution in [0.2, 0.25) is 0 Å². The molecule has 0 atom stereocenters. The Hall–Kier alpha value is -4.44. The second kappa shape index (κ2) is 8.50. The number of aromatic nitrogens is 3. The van der Waals surface area contributed by atoms with Crippen LogP contribution in [0.15, 0.2) is 85.1 Å². The standard InChI is InChI=1S/C22H16N6O/c23-14-16-8-4-5-11-18(16)26-22-27-21(15-24-28-22)25-19-12-6-7-13-20(19)29-17-9-2-1-3-10-17/h1-13,15H,(H2,25,26,27,28). The van der Waals surface area contributed by atoms with Crippen molar-refractivity contribution >= 4 is 23.1 Å². The molecule has 4 aromatic rings. The molecule has 0 saturated carbocycles. The summed E-state index contributed by atoms with van der Waals surface area (Å²) in [6.45, 7) is 0. The minimum Gasteiger partial charge on any atom is -0.455 e. The van der Waals surface area contributed by atoms with Crippen LogP contribution in [0.3, 0.4) is 0 Å². The number of benzene rings is 3. The number of hydrogen-bond acceptors (Lipinski definition) is 7. The Kier molecular flexibility index (Phi) is 5.26. The molecule has 4 rings (SSSR count). The molecule has 3 aromatic carbocycles. The molecule has 0 fully saturated rings. The third-order valence-corrected chi connectivity index (χ3v) is 3.97. The lowest BCUT2D eigenvalue weighted by atomic mass is 10.2. The van der Waals surface area contributed by atoms with Gasteiger partial charge >= 0.3 is 0 Å². The lowest BCUT2D eigenvalue weighted by Gasteiger charge is -2.13. The molecule has 0 radical (unpaired) electrons. The molecule has 0 bridgehead atoms. The Morgan fingerprint density at radius 3 is 2.34 bits per heavy atom. The minimum atomic E-state index is 0.277. The number of rotatable bonds is 6. The van der Waals surface area contributed by atoms with E-state index < -0.39 is 0 Å². The fourth-order valence-corrected chi connectivity index (χ4v) is 2.64. The molecule has 1 heterocycles. The molecular formula is C22H16N6O. The maximum Gasteiger partial charge on any atom is 0.249 e. The molecular weight excluding hydrogens is 364 g/mol. The third-order valence-electron chi connectivity index (χ3n) is 3.97. The highest BCUT2D eigenvalue weighted by atomic mass is 16.5. The SMILES string of the molecule is N#Cc1ccccc1Nc1nncc(Nc2ccccc2Oc2ccccc2)n1. The van der Waals surface area contributed by atoms with Gasteiger partial charge in [-0.25, -0.2) is 0 Å². The van der Waals surface area contributed by atoms with Crippen LogP contribution in [0.4, 0.5) is 23.1 Å². The third kappa shape index (κ3) is 4.46. The van der Waals surface area contributed by atoms with E-state index in [0.717, 1.165) is 11.4 Å². The predicted molar refractivity (Wildman–Crippen MR) is 111 cm³/mol. The lowest BCUT2D eigenvalue weighted by molar-refractivity contribution is 0.485. The largest absolute Gasteiger partial charge is 0.455 e. The zero-order chi connectivity index (χ0) is 19.9. The summed E-state index contributed by atoms with van der Waals surface area (Å²) >= 11 is 0. The van der Waals surface area contributed by atoms with E-state index in [9.17, 15) is 5.26 Å². The zero-order valence-corrected chi connectivity index (χ0v) is 15.3. The first kappa shape index (κ1) is 17.9. The summed E-state index contributed by atoms with van der Waals surface area (Å²) in [4.78, 5) is 4.43. The van der Waals surface area contributed by atoms with E-state index in [-0.39, 0.29) is 5.95 Å². The van der Waals surface area contributed by atoms with Crippen molar-refractivity contribution in [2.24, 2.45) is 0 Å². The molecule has 29 heavy (non-hydrogen) atoms. The van der Waals surface area contributed by atoms with E-state index in [2.05, 4.69) is 31.9 Å². The minimum absolute atomic E-state index is 0.277. The second-order valence-corrected chi connectivity index (χ2v) is 5.98. The Bertz CT molecular complexity index is 1160. The lowest BCUT2D eigenvalue weighted by Crippen LogP contribution is -2.03. The van der Waals surface area contributed by atoms with Gasteiger partial charge in [-0.05, 0) is 36.4 Å². The molecule has 7 heteroatoms. The van der Waals surface area contributed by atoms with Gasteiger partial charge in [-0.15, -0.1) is 5.10 Å². The van der Waals surface area contributed by atoms with Gasteiger partial charge in [0.1, 0.15) is 11.8 Å². The molecule has 7 nitrogen and oxygen atoms in total. The molecule has 1 aromatic heterocycles. The number of para-hydroxylation sites is 4. The average Bonchev–Trinajstić information content (AvgIpc) is 2.77. The topological polar surface area (TPSA) is 95.8 Å². The maximum atomic E-state index is 9.22. The summed E-state index contributed by atoms with van der Waals surface area (Å²) < 4.78 is 5.96. The van der Waals surface area contributed by atoms with E-state index >= 15 is 0 Å². The van der Waals surface area contributed by atoms with E-state index in [1.807, 2.05) is 60.7 Å². The van der Waals surface area contributed by atoms with Crippen LogP contribution < -0.4 is 15.4 Å². The van der Waals surface area contributed by atoms with E-state index in [1.54, 1.807) is 18.2 Å². The fourth-order valence-electron chi connectivity index (χ4n) is 2.64. The van der Waals surface area contributed by atoms with Gasteiger partial charge in [0.05, 0.1) is 23.1 Å². The monoisotopic (exact) mass is 380 g/mol. The van der Waals surface area contributed by atoms with Crippen molar-refractivity contribution in [1.29, 1.82) is 5.26 Å². The van der Waals surface area contributed by atoms with Gasteiger partial charge in [0.25, 0.3) is 0 Å². The highest BCUT2D eigenvalue weighted by Crippen LogP contribution is 2.31. The summed E-state index contributed by atoms with van der Waals surface area (Å²) in [5.41, 5.74) is 1.85. The van der Waals surface area contributed by atoms with Gasteiger partial charge < -0.3 is 15.4 Å². The van der Waals surface area contributed by atoms with Gasteiger partial charge in [-0.3, -0.25) is 0 Å². The van der Waals surface area contributed by atoms with Gasteiger partial charge in [-0.2, -0.15) is 15.3 Å². The van der Waals surface area contributed by atoms with Gasteiger partial charge in [0.2, 0.25) is 5.95 Å². The van der Waals surface area contributed by atoms with Crippen molar-refractivity contribution in [2.75, 3.05) is 10.6 Å². The zero-order valence-electron chi connectivity index (χ0n) is 15.3. The van der Waals surface area contributed by atoms with Crippen LogP contribution in [-0.2, 0) is 0 Å². The number of nitriles is 1. The van der Waals surface area contributed by atoms with E-state index in [4.69, 9.17) is 4.74 Å². The van der Waals surface area contributed by atoms with Crippen molar-refractivity contribution in [3.8, 4) is 17.6 Å². The summed E-state index contributed by atoms with van der Waals surface area (Å²) in [5, 5.41) is 23.4. The summed E-state index contributed by atoms with van der Waals surface area (Å²) in [6.07, 6.45) is 1.51. The smallest absolute Gasteiger partial charge is 0.249 e. The van der Waals surface area contributed by atoms with Crippen molar-refractivity contribution in [3.63, 3.8) is 0 Å². The molecule has 0 aliphatic carbocycles. The fraction of sp³-hybridized carbons (Fsp3) is 0. The average molecular weight is 380 g/mol. The molecule has 2 N–H and O–H groups in total. The van der Waals surface area contributed by atoms with E-state index in [1.165, 1.54) is 6.20 Å². The van der Waals surface area contributed by atoms with Crippen molar-refractivity contribution in [2.45, 2.75) is 0 Å². The van der Waals surface area contributed by atoms with Crippen LogP contribution >= 0.6 is 0 Å². The van der Waals surface area contributed by atoms with Crippen LogP contribution in [0.5, 0.6) is 11.5 Å². The van der Waals surface area contributed by atoms with Crippen molar-refractivity contribution in [1.82, 2.24) is 15.2 Å². The molecule has 0 aliphatic rings. The second-order valence-electron chi connectivity index (χ2n) is 5.98. The molecule has 140 valence electrons. The van der Waals surface area contributed by atoms with Crippen molar-refractivity contribution in [3.05, 3.63) is 90.6 Å². The van der Waals surface area contributed by atoms with Crippen LogP contribution in [0, 0.1) is 11.3 Å². The van der Waals surface area contributed by atoms with Gasteiger partial charge in [-0.1, -0.05) is 42.5 Å². The summed E-state index contributed by atoms with van der Waals surface area (Å²) in [5.74, 6) is 2.15. The predicted octanol–water partition coefficient (Wildman–Crippen LogP) is 5.02. The number of nitrogens with one attached hydrogen (secondary N) is 2.